The van der Waals surface area contributed by atoms with E-state index in [1.165, 1.54) is 11.8 Å². The molecule has 0 saturated carbocycles. The van der Waals surface area contributed by atoms with Gasteiger partial charge in [0.05, 0.1) is 5.88 Å². The Morgan fingerprint density at radius 2 is 1.89 bits per heavy atom. The van der Waals surface area contributed by atoms with Gasteiger partial charge in [-0.3, -0.25) is 0 Å². The van der Waals surface area contributed by atoms with Gasteiger partial charge in [-0.25, -0.2) is 0 Å². The first-order chi connectivity index (χ1) is 3.98. The smallest absolute Gasteiger partial charge is 0.122 e. The van der Waals surface area contributed by atoms with Crippen molar-refractivity contribution in [2.24, 2.45) is 0 Å². The Morgan fingerprint density at radius 3 is 2.00 bits per heavy atom. The summed E-state index contributed by atoms with van der Waals surface area (Å²) in [6.45, 7) is 4.05. The number of hydrogen-bond acceptors (Lipinski definition) is 1. The van der Waals surface area contributed by atoms with E-state index in [2.05, 4.69) is 0 Å². The van der Waals surface area contributed by atoms with E-state index in [0.717, 1.165) is 0 Å². The maximum absolute atomic E-state index is 5.71. The number of rotatable bonds is 3. The summed E-state index contributed by atoms with van der Waals surface area (Å²) in [5.41, 5.74) is 0. The molecule has 0 N–H and O–H groups in total. The summed E-state index contributed by atoms with van der Waals surface area (Å²) in [7, 11) is 0. The van der Waals surface area contributed by atoms with Gasteiger partial charge in [-0.2, -0.15) is 0 Å². The zero-order valence-corrected chi connectivity index (χ0v) is 8.41. The van der Waals surface area contributed by atoms with Crippen LogP contribution in [0.2, 0.25) is 0 Å². The van der Waals surface area contributed by atoms with Crippen LogP contribution in [-0.4, -0.2) is 14.8 Å². The van der Waals surface area contributed by atoms with Crippen LogP contribution >= 0.6 is 46.6 Å². The Balaban J connectivity index is 3.58. The van der Waals surface area contributed by atoms with Crippen molar-refractivity contribution in [3.8, 4) is 0 Å². The normalized spacial score (nSPS) is 12.7. The van der Waals surface area contributed by atoms with Crippen molar-refractivity contribution >= 4 is 46.6 Å². The zero-order chi connectivity index (χ0) is 7.49. The first-order valence-corrected chi connectivity index (χ1v) is 4.76. The van der Waals surface area contributed by atoms with Crippen molar-refractivity contribution in [1.29, 1.82) is 0 Å². The molecule has 0 fully saturated rings. The largest absolute Gasteiger partial charge is 0.177 e. The molecule has 0 spiro atoms. The highest BCUT2D eigenvalue weighted by Gasteiger charge is 2.24. The molecule has 0 saturated heterocycles. The third-order valence-corrected chi connectivity index (χ3v) is 3.16. The fourth-order valence-electron chi connectivity index (χ4n) is 0.376. The van der Waals surface area contributed by atoms with Crippen molar-refractivity contribution in [2.75, 3.05) is 5.88 Å². The van der Waals surface area contributed by atoms with Gasteiger partial charge in [0.1, 0.15) is 0 Å². The van der Waals surface area contributed by atoms with Gasteiger partial charge >= 0.3 is 0 Å². The molecule has 0 aliphatic heterocycles. The van der Waals surface area contributed by atoms with Gasteiger partial charge in [0.15, 0.2) is 3.67 Å². The third kappa shape index (κ3) is 5.65. The Bertz CT molecular complexity index is 82.3. The maximum Gasteiger partial charge on any atom is 0.177 e. The fraction of sp³-hybridized carbons (Fsp3) is 1.00. The van der Waals surface area contributed by atoms with Crippen LogP contribution in [0.15, 0.2) is 0 Å². The van der Waals surface area contributed by atoms with E-state index in [1.54, 1.807) is 0 Å². The molecule has 0 bridgehead atoms. The molecular formula is C5H9Cl3S. The van der Waals surface area contributed by atoms with Crippen LogP contribution in [0.25, 0.3) is 0 Å². The molecule has 0 unspecified atom stereocenters. The second kappa shape index (κ2) is 4.17. The van der Waals surface area contributed by atoms with Crippen LogP contribution in [0.5, 0.6) is 0 Å². The molecule has 0 aliphatic rings. The first kappa shape index (κ1) is 10.2. The van der Waals surface area contributed by atoms with E-state index in [1.807, 2.05) is 13.8 Å². The Morgan fingerprint density at radius 1 is 1.44 bits per heavy atom. The van der Waals surface area contributed by atoms with Crippen LogP contribution < -0.4 is 0 Å². The lowest BCUT2D eigenvalue weighted by Crippen LogP contribution is -2.12. The van der Waals surface area contributed by atoms with Crippen molar-refractivity contribution in [2.45, 2.75) is 22.8 Å². The second-order valence-corrected chi connectivity index (χ2v) is 6.01. The van der Waals surface area contributed by atoms with Crippen LogP contribution in [0.3, 0.4) is 0 Å². The molecule has 0 amide bonds. The van der Waals surface area contributed by atoms with E-state index in [9.17, 15) is 0 Å². The third-order valence-electron chi connectivity index (χ3n) is 0.564. The highest BCUT2D eigenvalue weighted by molar-refractivity contribution is 8.03. The topological polar surface area (TPSA) is 0 Å². The summed E-state index contributed by atoms with van der Waals surface area (Å²) >= 11 is 18.3. The average Bonchev–Trinajstić information content (AvgIpc) is 1.63. The monoisotopic (exact) mass is 206 g/mol. The van der Waals surface area contributed by atoms with Crippen LogP contribution in [0.4, 0.5) is 0 Å². The van der Waals surface area contributed by atoms with Crippen molar-refractivity contribution in [3.05, 3.63) is 0 Å². The highest BCUT2D eigenvalue weighted by atomic mass is 35.5. The SMILES string of the molecule is CC(C)SC(Cl)(Cl)CCl. The van der Waals surface area contributed by atoms with E-state index < -0.39 is 3.67 Å². The van der Waals surface area contributed by atoms with Crippen molar-refractivity contribution < 1.29 is 0 Å². The zero-order valence-electron chi connectivity index (χ0n) is 5.33. The van der Waals surface area contributed by atoms with E-state index >= 15 is 0 Å². The van der Waals surface area contributed by atoms with E-state index in [4.69, 9.17) is 34.8 Å². The molecule has 0 radical (unpaired) electrons. The predicted molar refractivity (Wildman–Crippen MR) is 47.9 cm³/mol. The summed E-state index contributed by atoms with van der Waals surface area (Å²) in [6, 6.07) is 0. The minimum absolute atomic E-state index is 0.263. The van der Waals surface area contributed by atoms with Crippen LogP contribution in [0.1, 0.15) is 13.8 Å². The Hall–Kier alpha value is 1.22. The van der Waals surface area contributed by atoms with E-state index in [-0.39, 0.29) is 5.88 Å². The first-order valence-electron chi connectivity index (χ1n) is 2.59. The Kier molecular flexibility index (Phi) is 4.74. The highest BCUT2D eigenvalue weighted by Crippen LogP contribution is 2.38. The van der Waals surface area contributed by atoms with Gasteiger partial charge in [-0.15, -0.1) is 23.4 Å². The maximum atomic E-state index is 5.71. The van der Waals surface area contributed by atoms with Crippen LogP contribution in [0, 0.1) is 0 Å². The van der Waals surface area contributed by atoms with Gasteiger partial charge in [0.2, 0.25) is 0 Å². The summed E-state index contributed by atoms with van der Waals surface area (Å²) in [4.78, 5) is 0. The molecule has 0 aliphatic carbocycles. The van der Waals surface area contributed by atoms with Gasteiger partial charge < -0.3 is 0 Å². The van der Waals surface area contributed by atoms with Crippen LogP contribution in [-0.2, 0) is 0 Å². The number of halogens is 3. The van der Waals surface area contributed by atoms with Gasteiger partial charge in [0.25, 0.3) is 0 Å². The minimum Gasteiger partial charge on any atom is -0.122 e. The summed E-state index contributed by atoms with van der Waals surface area (Å²) in [6.07, 6.45) is 0. The molecule has 0 nitrogen and oxygen atoms in total. The number of alkyl halides is 3. The standard InChI is InChI=1S/C5H9Cl3S/c1-4(2)9-5(7,8)3-6/h4H,3H2,1-2H3. The molecule has 0 aromatic carbocycles. The quantitative estimate of drug-likeness (QED) is 0.639. The lowest BCUT2D eigenvalue weighted by molar-refractivity contribution is 1.09. The lowest BCUT2D eigenvalue weighted by atomic mass is 10.6. The second-order valence-electron chi connectivity index (χ2n) is 1.94. The summed E-state index contributed by atoms with van der Waals surface area (Å²) in [5, 5.41) is 0.416. The summed E-state index contributed by atoms with van der Waals surface area (Å²) < 4.78 is -0.810. The number of thioether (sulfide) groups is 1. The molecule has 4 heteroatoms. The molecule has 0 aromatic rings. The van der Waals surface area contributed by atoms with E-state index in [0.29, 0.717) is 5.25 Å². The van der Waals surface area contributed by atoms with Crippen molar-refractivity contribution in [1.82, 2.24) is 0 Å². The molecule has 0 atom stereocenters. The average molecular weight is 208 g/mol. The summed E-state index contributed by atoms with van der Waals surface area (Å²) in [5.74, 6) is 0.263. The molecule has 56 valence electrons. The van der Waals surface area contributed by atoms with Gasteiger partial charge in [0, 0.05) is 5.25 Å². The van der Waals surface area contributed by atoms with Crippen molar-refractivity contribution in [3.63, 3.8) is 0 Å². The van der Waals surface area contributed by atoms with Gasteiger partial charge in [-0.05, 0) is 0 Å². The molecule has 9 heavy (non-hydrogen) atoms. The molecule has 0 heterocycles. The fourth-order valence-corrected chi connectivity index (χ4v) is 2.39. The van der Waals surface area contributed by atoms with Gasteiger partial charge in [-0.1, -0.05) is 37.0 Å². The number of hydrogen-bond donors (Lipinski definition) is 0. The molecule has 0 rings (SSSR count). The minimum atomic E-state index is -0.810. The predicted octanol–water partition coefficient (Wildman–Crippen LogP) is 3.50. The Labute approximate surface area is 75.2 Å². The molecule has 0 aromatic heterocycles. The molecular weight excluding hydrogens is 198 g/mol. The lowest BCUT2D eigenvalue weighted by Gasteiger charge is -2.17.